The molecule has 2 heterocycles. The van der Waals surface area contributed by atoms with Crippen LogP contribution in [0.3, 0.4) is 0 Å². The molecule has 2 aromatic heterocycles. The molecule has 4 atom stereocenters. The summed E-state index contributed by atoms with van der Waals surface area (Å²) in [6.07, 6.45) is 7.76. The first kappa shape index (κ1) is 17.7. The first-order valence-electron chi connectivity index (χ1n) is 9.79. The molecule has 0 aromatic carbocycles. The lowest BCUT2D eigenvalue weighted by molar-refractivity contribution is 0.0919. The van der Waals surface area contributed by atoms with Crippen molar-refractivity contribution in [3.8, 4) is 0 Å². The molecule has 0 aliphatic heterocycles. The highest BCUT2D eigenvalue weighted by Gasteiger charge is 2.42. The normalized spacial score (nSPS) is 25.7. The smallest absolute Gasteiger partial charge is 0.262 e. The van der Waals surface area contributed by atoms with Crippen LogP contribution in [0.1, 0.15) is 61.2 Å². The first-order valence-corrected chi connectivity index (χ1v) is 10.6. The number of nitrogens with one attached hydrogen (secondary N) is 1. The van der Waals surface area contributed by atoms with E-state index in [9.17, 15) is 9.59 Å². The SMILES string of the molecule is CCCn1cnc2sc(C(=O)N[C@H](C)[C@@H]3C[C@H]4CC[C@H]3C4)c(C)c2c1=O. The van der Waals surface area contributed by atoms with Gasteiger partial charge >= 0.3 is 0 Å². The molecule has 0 radical (unpaired) electrons. The van der Waals surface area contributed by atoms with Crippen molar-refractivity contribution in [1.29, 1.82) is 0 Å². The van der Waals surface area contributed by atoms with Crippen molar-refractivity contribution in [1.82, 2.24) is 14.9 Å². The van der Waals surface area contributed by atoms with Crippen molar-refractivity contribution in [2.24, 2.45) is 17.8 Å². The number of rotatable bonds is 5. The third-order valence-electron chi connectivity index (χ3n) is 6.38. The summed E-state index contributed by atoms with van der Waals surface area (Å²) in [5.74, 6) is 2.20. The minimum Gasteiger partial charge on any atom is -0.349 e. The maximum atomic E-state index is 12.9. The Hall–Kier alpha value is -1.69. The molecule has 0 unspecified atom stereocenters. The van der Waals surface area contributed by atoms with Gasteiger partial charge in [-0.1, -0.05) is 13.3 Å². The molecule has 2 aliphatic carbocycles. The van der Waals surface area contributed by atoms with Crippen molar-refractivity contribution < 1.29 is 4.79 Å². The van der Waals surface area contributed by atoms with E-state index in [4.69, 9.17) is 0 Å². The lowest BCUT2D eigenvalue weighted by Crippen LogP contribution is -2.40. The molecule has 5 nitrogen and oxygen atoms in total. The summed E-state index contributed by atoms with van der Waals surface area (Å²) >= 11 is 1.34. The summed E-state index contributed by atoms with van der Waals surface area (Å²) in [5.41, 5.74) is 0.733. The lowest BCUT2D eigenvalue weighted by atomic mass is 9.84. The van der Waals surface area contributed by atoms with Crippen molar-refractivity contribution in [3.63, 3.8) is 0 Å². The van der Waals surface area contributed by atoms with Gasteiger partial charge in [-0.05, 0) is 62.8 Å². The van der Waals surface area contributed by atoms with E-state index >= 15 is 0 Å². The van der Waals surface area contributed by atoms with E-state index in [-0.39, 0.29) is 17.5 Å². The van der Waals surface area contributed by atoms with Crippen LogP contribution in [0.2, 0.25) is 0 Å². The number of thiophene rings is 1. The van der Waals surface area contributed by atoms with E-state index in [0.717, 1.165) is 23.8 Å². The van der Waals surface area contributed by atoms with Gasteiger partial charge in [0.1, 0.15) is 4.83 Å². The highest BCUT2D eigenvalue weighted by molar-refractivity contribution is 7.20. The molecular weight excluding hydrogens is 346 g/mol. The number of aromatic nitrogens is 2. The first-order chi connectivity index (χ1) is 12.5. The topological polar surface area (TPSA) is 64.0 Å². The Bertz CT molecular complexity index is 900. The predicted octanol–water partition coefficient (Wildman–Crippen LogP) is 3.73. The number of fused-ring (bicyclic) bond motifs is 3. The molecule has 2 fully saturated rings. The maximum absolute atomic E-state index is 12.9. The zero-order valence-corrected chi connectivity index (χ0v) is 16.6. The van der Waals surface area contributed by atoms with Gasteiger partial charge in [-0.3, -0.25) is 14.2 Å². The predicted molar refractivity (Wildman–Crippen MR) is 105 cm³/mol. The summed E-state index contributed by atoms with van der Waals surface area (Å²) < 4.78 is 1.64. The van der Waals surface area contributed by atoms with Crippen LogP contribution < -0.4 is 10.9 Å². The average molecular weight is 374 g/mol. The minimum absolute atomic E-state index is 0.0363. The van der Waals surface area contributed by atoms with Crippen LogP contribution in [0.5, 0.6) is 0 Å². The summed E-state index contributed by atoms with van der Waals surface area (Å²) in [7, 11) is 0. The highest BCUT2D eigenvalue weighted by atomic mass is 32.1. The van der Waals surface area contributed by atoms with Gasteiger partial charge in [-0.15, -0.1) is 11.3 Å². The molecule has 2 saturated carbocycles. The second-order valence-corrected chi connectivity index (χ2v) is 9.08. The molecular formula is C20H27N3O2S. The molecule has 0 saturated heterocycles. The Morgan fingerprint density at radius 3 is 2.88 bits per heavy atom. The molecule has 6 heteroatoms. The van der Waals surface area contributed by atoms with Gasteiger partial charge in [-0.2, -0.15) is 0 Å². The van der Waals surface area contributed by atoms with Crippen LogP contribution in [-0.4, -0.2) is 21.5 Å². The summed E-state index contributed by atoms with van der Waals surface area (Å²) in [4.78, 5) is 31.3. The Kier molecular flexibility index (Phi) is 4.63. The average Bonchev–Trinajstić information content (AvgIpc) is 3.32. The molecule has 0 spiro atoms. The molecule has 2 aromatic rings. The molecule has 26 heavy (non-hydrogen) atoms. The quantitative estimate of drug-likeness (QED) is 0.868. The van der Waals surface area contributed by atoms with E-state index in [1.165, 1.54) is 37.0 Å². The third kappa shape index (κ3) is 2.88. The van der Waals surface area contributed by atoms with Gasteiger partial charge in [0, 0.05) is 12.6 Å². The van der Waals surface area contributed by atoms with Crippen molar-refractivity contribution in [2.45, 2.75) is 65.5 Å². The Morgan fingerprint density at radius 2 is 2.23 bits per heavy atom. The maximum Gasteiger partial charge on any atom is 0.262 e. The summed E-state index contributed by atoms with van der Waals surface area (Å²) in [6, 6.07) is 0.187. The highest BCUT2D eigenvalue weighted by Crippen LogP contribution is 2.49. The van der Waals surface area contributed by atoms with Crippen LogP contribution in [0.25, 0.3) is 10.2 Å². The van der Waals surface area contributed by atoms with E-state index < -0.39 is 0 Å². The lowest BCUT2D eigenvalue weighted by Gasteiger charge is -2.28. The van der Waals surface area contributed by atoms with E-state index in [1.54, 1.807) is 10.9 Å². The number of amides is 1. The van der Waals surface area contributed by atoms with Crippen molar-refractivity contribution in [3.05, 3.63) is 27.1 Å². The van der Waals surface area contributed by atoms with Gasteiger partial charge < -0.3 is 5.32 Å². The Morgan fingerprint density at radius 1 is 1.42 bits per heavy atom. The van der Waals surface area contributed by atoms with Gasteiger partial charge in [0.15, 0.2) is 0 Å². The van der Waals surface area contributed by atoms with Crippen molar-refractivity contribution in [2.75, 3.05) is 0 Å². The van der Waals surface area contributed by atoms with Crippen LogP contribution >= 0.6 is 11.3 Å². The van der Waals surface area contributed by atoms with Crippen LogP contribution in [0.4, 0.5) is 0 Å². The fourth-order valence-electron chi connectivity index (χ4n) is 5.06. The van der Waals surface area contributed by atoms with Crippen molar-refractivity contribution >= 4 is 27.5 Å². The zero-order chi connectivity index (χ0) is 18.4. The standard InChI is InChI=1S/C20H27N3O2S/c1-4-7-23-10-21-19-16(20(23)25)11(2)17(26-19)18(24)22-12(3)15-9-13-5-6-14(15)8-13/h10,12-15H,4-9H2,1-3H3,(H,22,24)/t12-,13+,14+,15+/m1/s1. The Labute approximate surface area is 157 Å². The fraction of sp³-hybridized carbons (Fsp3) is 0.650. The number of nitrogens with zero attached hydrogens (tertiary/aromatic N) is 2. The largest absolute Gasteiger partial charge is 0.349 e. The number of hydrogen-bond acceptors (Lipinski definition) is 4. The molecule has 2 bridgehead atoms. The molecule has 1 amide bonds. The molecule has 1 N–H and O–H groups in total. The van der Waals surface area contributed by atoms with Crippen LogP contribution in [0, 0.1) is 24.7 Å². The molecule has 140 valence electrons. The molecule has 2 aliphatic rings. The number of hydrogen-bond donors (Lipinski definition) is 1. The van der Waals surface area contributed by atoms with Gasteiger partial charge in [0.05, 0.1) is 16.6 Å². The van der Waals surface area contributed by atoms with E-state index in [0.29, 0.717) is 27.6 Å². The number of carbonyl (C=O) groups excluding carboxylic acids is 1. The fourth-order valence-corrected chi connectivity index (χ4v) is 6.10. The third-order valence-corrected chi connectivity index (χ3v) is 7.58. The second kappa shape index (κ2) is 6.80. The summed E-state index contributed by atoms with van der Waals surface area (Å²) in [6.45, 7) is 6.70. The minimum atomic E-state index is -0.0535. The zero-order valence-electron chi connectivity index (χ0n) is 15.7. The van der Waals surface area contributed by atoms with Crippen LogP contribution in [0.15, 0.2) is 11.1 Å². The number of aryl methyl sites for hydroxylation is 2. The van der Waals surface area contributed by atoms with E-state index in [2.05, 4.69) is 17.2 Å². The van der Waals surface area contributed by atoms with Crippen LogP contribution in [-0.2, 0) is 6.54 Å². The van der Waals surface area contributed by atoms with Gasteiger partial charge in [0.2, 0.25) is 0 Å². The van der Waals surface area contributed by atoms with E-state index in [1.807, 2.05) is 13.8 Å². The Balaban J connectivity index is 1.58. The van der Waals surface area contributed by atoms with Gasteiger partial charge in [0.25, 0.3) is 11.5 Å². The molecule has 4 rings (SSSR count). The van der Waals surface area contributed by atoms with Gasteiger partial charge in [-0.25, -0.2) is 4.98 Å². The summed E-state index contributed by atoms with van der Waals surface area (Å²) in [5, 5.41) is 3.82. The second-order valence-electron chi connectivity index (χ2n) is 8.08. The monoisotopic (exact) mass is 373 g/mol. The number of carbonyl (C=O) groups is 1.